The molecular formula is C23H33N7O4. The molecule has 2 aromatic heterocycles. The Morgan fingerprint density at radius 2 is 2.12 bits per heavy atom. The van der Waals surface area contributed by atoms with Crippen molar-refractivity contribution in [1.82, 2.24) is 35.0 Å². The highest BCUT2D eigenvalue weighted by atomic mass is 16.5. The molecule has 1 saturated carbocycles. The van der Waals surface area contributed by atoms with Gasteiger partial charge in [-0.05, 0) is 18.3 Å². The van der Waals surface area contributed by atoms with Gasteiger partial charge in [0, 0.05) is 44.1 Å². The van der Waals surface area contributed by atoms with Gasteiger partial charge in [-0.25, -0.2) is 9.36 Å². The number of likely N-dealkylation sites (tertiary alicyclic amines) is 1. The number of aryl methyl sites for hydroxylation is 1. The number of aliphatic hydroxyl groups is 1. The molecule has 0 unspecified atom stereocenters. The first-order valence-electron chi connectivity index (χ1n) is 12.1. The topological polar surface area (TPSA) is 127 Å². The van der Waals surface area contributed by atoms with Gasteiger partial charge in [0.05, 0.1) is 30.6 Å². The Morgan fingerprint density at radius 1 is 1.32 bits per heavy atom. The van der Waals surface area contributed by atoms with Gasteiger partial charge >= 0.3 is 0 Å². The van der Waals surface area contributed by atoms with Crippen LogP contribution in [0.15, 0.2) is 12.3 Å². The Kier molecular flexibility index (Phi) is 5.83. The number of hydrogen-bond donors (Lipinski definition) is 2. The number of carbonyl (C=O) groups excluding carboxylic acids is 2. The van der Waals surface area contributed by atoms with Crippen molar-refractivity contribution in [2.75, 3.05) is 13.2 Å². The summed E-state index contributed by atoms with van der Waals surface area (Å²) in [5.41, 5.74) is 1.14. The molecule has 0 radical (unpaired) electrons. The Bertz CT molecular complexity index is 1040. The van der Waals surface area contributed by atoms with E-state index >= 15 is 0 Å². The second-order valence-corrected chi connectivity index (χ2v) is 10.7. The third kappa shape index (κ3) is 4.53. The van der Waals surface area contributed by atoms with Gasteiger partial charge in [0.2, 0.25) is 17.7 Å². The minimum atomic E-state index is -0.758. The monoisotopic (exact) mass is 471 g/mol. The van der Waals surface area contributed by atoms with Crippen LogP contribution in [0.2, 0.25) is 0 Å². The number of amides is 2. The number of β-amino-alcohol motifs (C(OH)–C–C–N with tert-alkyl or cyclic N) is 1. The van der Waals surface area contributed by atoms with Crippen molar-refractivity contribution in [2.45, 2.75) is 83.6 Å². The molecule has 3 atom stereocenters. The lowest BCUT2D eigenvalue weighted by Gasteiger charge is -2.34. The number of nitrogens with one attached hydrogen (secondary N) is 1. The van der Waals surface area contributed by atoms with Crippen molar-refractivity contribution in [3.63, 3.8) is 0 Å². The Labute approximate surface area is 198 Å². The van der Waals surface area contributed by atoms with Crippen molar-refractivity contribution < 1.29 is 19.4 Å². The third-order valence-corrected chi connectivity index (χ3v) is 6.71. The fraction of sp³-hybridized carbons (Fsp3) is 0.696. The van der Waals surface area contributed by atoms with Gasteiger partial charge in [-0.3, -0.25) is 9.59 Å². The summed E-state index contributed by atoms with van der Waals surface area (Å²) in [7, 11) is 0. The van der Waals surface area contributed by atoms with Crippen LogP contribution < -0.4 is 10.1 Å². The first-order chi connectivity index (χ1) is 16.2. The van der Waals surface area contributed by atoms with E-state index in [4.69, 9.17) is 4.74 Å². The van der Waals surface area contributed by atoms with Crippen molar-refractivity contribution in [3.05, 3.63) is 23.7 Å². The summed E-state index contributed by atoms with van der Waals surface area (Å²) in [6.45, 7) is 7.71. The zero-order valence-corrected chi connectivity index (χ0v) is 20.0. The number of rotatable bonds is 6. The van der Waals surface area contributed by atoms with Gasteiger partial charge in [-0.15, -0.1) is 5.10 Å². The Morgan fingerprint density at radius 3 is 2.82 bits per heavy atom. The quantitative estimate of drug-likeness (QED) is 0.643. The van der Waals surface area contributed by atoms with Crippen molar-refractivity contribution in [3.8, 4) is 5.88 Å². The molecular weight excluding hydrogens is 438 g/mol. The Hall–Kier alpha value is -2.95. The molecule has 2 fully saturated rings. The summed E-state index contributed by atoms with van der Waals surface area (Å²) in [4.78, 5) is 28.4. The summed E-state index contributed by atoms with van der Waals surface area (Å²) < 4.78 is 9.01. The zero-order valence-electron chi connectivity index (χ0n) is 20.0. The fourth-order valence-electron chi connectivity index (χ4n) is 4.83. The first kappa shape index (κ1) is 22.8. The van der Waals surface area contributed by atoms with Gasteiger partial charge in [0.25, 0.3) is 0 Å². The van der Waals surface area contributed by atoms with Crippen LogP contribution in [-0.4, -0.2) is 71.9 Å². The summed E-state index contributed by atoms with van der Waals surface area (Å²) >= 11 is 0. The van der Waals surface area contributed by atoms with Crippen LogP contribution in [0.5, 0.6) is 5.88 Å². The second kappa shape index (κ2) is 8.68. The van der Waals surface area contributed by atoms with Gasteiger partial charge in [-0.1, -0.05) is 26.0 Å². The number of ether oxygens (including phenoxy) is 1. The third-order valence-electron chi connectivity index (χ3n) is 6.71. The van der Waals surface area contributed by atoms with Gasteiger partial charge < -0.3 is 20.1 Å². The van der Waals surface area contributed by atoms with E-state index in [1.54, 1.807) is 9.36 Å². The molecule has 1 saturated heterocycles. The highest BCUT2D eigenvalue weighted by Gasteiger charge is 2.45. The number of carbonyl (C=O) groups is 2. The molecule has 0 spiro atoms. The number of nitrogens with zero attached hydrogens (tertiary/aromatic N) is 6. The van der Waals surface area contributed by atoms with Gasteiger partial charge in [-0.2, -0.15) is 5.10 Å². The number of aliphatic hydroxyl groups excluding tert-OH is 1. The SMILES string of the molecule is CC(C)(C)[C@@H](C(=O)N1C[C@H](O)C[C@H]1C(=O)NCc1cc2n(n1)CCCO2)n1cc(C2CC2)nn1. The lowest BCUT2D eigenvalue weighted by molar-refractivity contribution is -0.144. The Balaban J connectivity index is 1.30. The van der Waals surface area contributed by atoms with Crippen LogP contribution >= 0.6 is 0 Å². The standard InChI is InChI=1S/C23H33N7O4/c1-23(2,3)20(30-13-17(25-27-30)14-5-6-14)22(33)28-12-16(31)10-18(28)21(32)24-11-15-9-19-29(26-15)7-4-8-34-19/h9,13-14,16,18,20,31H,4-8,10-12H2,1-3H3,(H,24,32)/t16-,18+,20-/m1/s1. The van der Waals surface area contributed by atoms with E-state index in [0.717, 1.165) is 31.5 Å². The molecule has 184 valence electrons. The molecule has 3 aliphatic rings. The summed E-state index contributed by atoms with van der Waals surface area (Å²) in [5.74, 6) is 0.592. The molecule has 2 amide bonds. The lowest BCUT2D eigenvalue weighted by Crippen LogP contribution is -2.50. The maximum Gasteiger partial charge on any atom is 0.248 e. The van der Waals surface area contributed by atoms with E-state index in [1.165, 1.54) is 4.90 Å². The molecule has 4 heterocycles. The lowest BCUT2D eigenvalue weighted by atomic mass is 9.85. The van der Waals surface area contributed by atoms with E-state index in [9.17, 15) is 14.7 Å². The van der Waals surface area contributed by atoms with E-state index in [2.05, 4.69) is 20.7 Å². The van der Waals surface area contributed by atoms with Crippen molar-refractivity contribution >= 4 is 11.8 Å². The summed E-state index contributed by atoms with van der Waals surface area (Å²) in [6.07, 6.45) is 4.39. The molecule has 1 aliphatic carbocycles. The maximum absolute atomic E-state index is 13.8. The number of aromatic nitrogens is 5. The van der Waals surface area contributed by atoms with Gasteiger partial charge in [0.15, 0.2) is 0 Å². The maximum atomic E-state index is 13.8. The molecule has 11 nitrogen and oxygen atoms in total. The smallest absolute Gasteiger partial charge is 0.248 e. The van der Waals surface area contributed by atoms with Crippen molar-refractivity contribution in [1.29, 1.82) is 0 Å². The van der Waals surface area contributed by atoms with Crippen LogP contribution in [0.4, 0.5) is 0 Å². The average molecular weight is 472 g/mol. The zero-order chi connectivity index (χ0) is 24.0. The predicted octanol–water partition coefficient (Wildman–Crippen LogP) is 1.000. The van der Waals surface area contributed by atoms with Gasteiger partial charge in [0.1, 0.15) is 12.1 Å². The van der Waals surface area contributed by atoms with Crippen LogP contribution in [0.1, 0.15) is 69.8 Å². The highest BCUT2D eigenvalue weighted by Crippen LogP contribution is 2.40. The van der Waals surface area contributed by atoms with Crippen molar-refractivity contribution in [2.24, 2.45) is 5.41 Å². The fourth-order valence-corrected chi connectivity index (χ4v) is 4.83. The van der Waals surface area contributed by atoms with Crippen LogP contribution in [0.3, 0.4) is 0 Å². The minimum Gasteiger partial charge on any atom is -0.478 e. The highest BCUT2D eigenvalue weighted by molar-refractivity contribution is 5.90. The van der Waals surface area contributed by atoms with E-state index in [1.807, 2.05) is 33.0 Å². The summed E-state index contributed by atoms with van der Waals surface area (Å²) in [6, 6.07) is 0.432. The van der Waals surface area contributed by atoms with Crippen LogP contribution in [0, 0.1) is 5.41 Å². The largest absolute Gasteiger partial charge is 0.478 e. The predicted molar refractivity (Wildman–Crippen MR) is 121 cm³/mol. The first-order valence-corrected chi connectivity index (χ1v) is 12.1. The molecule has 5 rings (SSSR count). The van der Waals surface area contributed by atoms with E-state index in [-0.39, 0.29) is 31.3 Å². The van der Waals surface area contributed by atoms with Crippen LogP contribution in [-0.2, 0) is 22.7 Å². The normalized spacial score (nSPS) is 23.4. The molecule has 2 aromatic rings. The molecule has 0 bridgehead atoms. The van der Waals surface area contributed by atoms with E-state index < -0.39 is 23.6 Å². The average Bonchev–Trinajstić information content (AvgIpc) is 3.18. The molecule has 34 heavy (non-hydrogen) atoms. The van der Waals surface area contributed by atoms with Crippen LogP contribution in [0.25, 0.3) is 0 Å². The molecule has 11 heteroatoms. The molecule has 2 N–H and O–H groups in total. The number of hydrogen-bond acceptors (Lipinski definition) is 7. The minimum absolute atomic E-state index is 0.111. The van der Waals surface area contributed by atoms with E-state index in [0.29, 0.717) is 24.1 Å². The second-order valence-electron chi connectivity index (χ2n) is 10.7. The number of fused-ring (bicyclic) bond motifs is 1. The molecule has 0 aromatic carbocycles. The molecule has 2 aliphatic heterocycles. The summed E-state index contributed by atoms with van der Waals surface area (Å²) in [5, 5.41) is 26.3.